The van der Waals surface area contributed by atoms with E-state index in [2.05, 4.69) is 19.9 Å². The van der Waals surface area contributed by atoms with Crippen molar-refractivity contribution in [3.8, 4) is 11.5 Å². The van der Waals surface area contributed by atoms with Gasteiger partial charge >= 0.3 is 0 Å². The molecular formula is C17H24N4O4S. The zero-order valence-corrected chi connectivity index (χ0v) is 15.9. The van der Waals surface area contributed by atoms with E-state index in [9.17, 15) is 8.42 Å². The highest BCUT2D eigenvalue weighted by atomic mass is 32.2. The van der Waals surface area contributed by atoms with Crippen molar-refractivity contribution in [1.82, 2.24) is 19.9 Å². The molecule has 0 spiro atoms. The predicted molar refractivity (Wildman–Crippen MR) is 94.3 cm³/mol. The Kier molecular flexibility index (Phi) is 4.62. The fourth-order valence-electron chi connectivity index (χ4n) is 3.59. The number of aryl methyl sites for hydroxylation is 2. The summed E-state index contributed by atoms with van der Waals surface area (Å²) in [6.45, 7) is 4.50. The second-order valence-corrected chi connectivity index (χ2v) is 8.84. The largest absolute Gasteiger partial charge is 0.420 e. The van der Waals surface area contributed by atoms with Gasteiger partial charge in [-0.25, -0.2) is 13.1 Å². The minimum absolute atomic E-state index is 0.0674. The van der Waals surface area contributed by atoms with Crippen LogP contribution in [0.5, 0.6) is 0 Å². The molecule has 1 unspecified atom stereocenters. The lowest BCUT2D eigenvalue weighted by molar-refractivity contribution is 0.114. The predicted octanol–water partition coefficient (Wildman–Crippen LogP) is 2.41. The first-order chi connectivity index (χ1) is 12.5. The van der Waals surface area contributed by atoms with Crippen LogP contribution in [0.25, 0.3) is 11.5 Å². The highest BCUT2D eigenvalue weighted by molar-refractivity contribution is 7.89. The summed E-state index contributed by atoms with van der Waals surface area (Å²) < 4.78 is 39.9. The third-order valence-corrected chi connectivity index (χ3v) is 6.81. The highest BCUT2D eigenvalue weighted by Crippen LogP contribution is 2.38. The summed E-state index contributed by atoms with van der Waals surface area (Å²) >= 11 is 0. The molecule has 0 amide bonds. The maximum atomic E-state index is 12.9. The number of hydrogen-bond donors (Lipinski definition) is 2. The van der Waals surface area contributed by atoms with Gasteiger partial charge < -0.3 is 14.1 Å². The molecule has 26 heavy (non-hydrogen) atoms. The van der Waals surface area contributed by atoms with E-state index in [1.165, 1.54) is 0 Å². The van der Waals surface area contributed by atoms with E-state index in [0.717, 1.165) is 32.1 Å². The second-order valence-electron chi connectivity index (χ2n) is 7.14. The molecule has 9 heteroatoms. The van der Waals surface area contributed by atoms with Gasteiger partial charge in [0.2, 0.25) is 15.9 Å². The van der Waals surface area contributed by atoms with Crippen molar-refractivity contribution in [1.29, 1.82) is 0 Å². The summed E-state index contributed by atoms with van der Waals surface area (Å²) in [7, 11) is -3.73. The third-order valence-electron chi connectivity index (χ3n) is 5.22. The van der Waals surface area contributed by atoms with Crippen molar-refractivity contribution >= 4 is 10.0 Å². The lowest BCUT2D eigenvalue weighted by Crippen LogP contribution is -2.32. The smallest absolute Gasteiger partial charge is 0.250 e. The van der Waals surface area contributed by atoms with Crippen molar-refractivity contribution in [3.05, 3.63) is 17.3 Å². The van der Waals surface area contributed by atoms with Gasteiger partial charge in [0, 0.05) is 30.5 Å². The van der Waals surface area contributed by atoms with Crippen LogP contribution in [0.15, 0.2) is 9.31 Å². The molecule has 142 valence electrons. The van der Waals surface area contributed by atoms with Crippen LogP contribution in [0, 0.1) is 13.8 Å². The number of H-pyrrole nitrogens is 1. The molecule has 1 saturated carbocycles. The lowest BCUT2D eigenvalue weighted by atomic mass is 9.85. The number of aromatic nitrogens is 3. The highest BCUT2D eigenvalue weighted by Gasteiger charge is 2.31. The van der Waals surface area contributed by atoms with Crippen LogP contribution in [0.2, 0.25) is 0 Å². The molecule has 0 aromatic carbocycles. The van der Waals surface area contributed by atoms with Crippen LogP contribution >= 0.6 is 0 Å². The first-order valence-electron chi connectivity index (χ1n) is 9.10. The van der Waals surface area contributed by atoms with E-state index < -0.39 is 10.0 Å². The molecule has 2 N–H and O–H groups in total. The summed E-state index contributed by atoms with van der Waals surface area (Å²) in [5.41, 5.74) is 1.71. The molecule has 3 heterocycles. The number of nitrogens with zero attached hydrogens (tertiary/aromatic N) is 2. The maximum absolute atomic E-state index is 12.9. The molecule has 1 atom stereocenters. The van der Waals surface area contributed by atoms with Crippen molar-refractivity contribution < 1.29 is 17.6 Å². The normalized spacial score (nSPS) is 21.2. The van der Waals surface area contributed by atoms with Gasteiger partial charge in [-0.2, -0.15) is 0 Å². The molecule has 1 saturated heterocycles. The topological polar surface area (TPSA) is 110 Å². The average Bonchev–Trinajstić information content (AvgIpc) is 3.24. The minimum atomic E-state index is -3.73. The maximum Gasteiger partial charge on any atom is 0.250 e. The van der Waals surface area contributed by atoms with Gasteiger partial charge in [0.1, 0.15) is 4.90 Å². The molecule has 0 radical (unpaired) electrons. The standard InChI is InChI=1S/C17H24N4O4S/c1-10-14(17-21-20-16(25-17)12-5-3-6-12)15(11(2)19-10)26(22,23)18-9-13-7-4-8-24-13/h12-13,18-19H,3-9H2,1-2H3. The summed E-state index contributed by atoms with van der Waals surface area (Å²) in [6, 6.07) is 0. The molecule has 2 fully saturated rings. The monoisotopic (exact) mass is 380 g/mol. The van der Waals surface area contributed by atoms with Gasteiger partial charge in [0.25, 0.3) is 5.89 Å². The first kappa shape index (κ1) is 17.7. The van der Waals surface area contributed by atoms with E-state index in [0.29, 0.717) is 35.4 Å². The van der Waals surface area contributed by atoms with Gasteiger partial charge in [-0.1, -0.05) is 6.42 Å². The quantitative estimate of drug-likeness (QED) is 0.796. The van der Waals surface area contributed by atoms with Crippen LogP contribution in [-0.2, 0) is 14.8 Å². The molecule has 2 aliphatic rings. The first-order valence-corrected chi connectivity index (χ1v) is 10.6. The Bertz CT molecular complexity index is 892. The van der Waals surface area contributed by atoms with E-state index in [-0.39, 0.29) is 23.4 Å². The molecule has 0 bridgehead atoms. The number of sulfonamides is 1. The number of ether oxygens (including phenoxy) is 1. The van der Waals surface area contributed by atoms with E-state index >= 15 is 0 Å². The van der Waals surface area contributed by atoms with E-state index in [1.807, 2.05) is 6.92 Å². The van der Waals surface area contributed by atoms with Crippen LogP contribution in [-0.4, -0.2) is 42.9 Å². The molecule has 4 rings (SSSR count). The van der Waals surface area contributed by atoms with Crippen molar-refractivity contribution in [2.24, 2.45) is 0 Å². The van der Waals surface area contributed by atoms with Gasteiger partial charge in [-0.3, -0.25) is 0 Å². The number of rotatable bonds is 6. The SMILES string of the molecule is Cc1[nH]c(C)c(S(=O)(=O)NCC2CCCO2)c1-c1nnc(C2CCC2)o1. The van der Waals surface area contributed by atoms with Gasteiger partial charge in [-0.05, 0) is 39.5 Å². The fraction of sp³-hybridized carbons (Fsp3) is 0.647. The molecule has 8 nitrogen and oxygen atoms in total. The molecular weight excluding hydrogens is 356 g/mol. The number of nitrogens with one attached hydrogen (secondary N) is 2. The Morgan fingerprint density at radius 2 is 1.96 bits per heavy atom. The van der Waals surface area contributed by atoms with Gasteiger partial charge in [0.15, 0.2) is 0 Å². The van der Waals surface area contributed by atoms with Gasteiger partial charge in [-0.15, -0.1) is 10.2 Å². The summed E-state index contributed by atoms with van der Waals surface area (Å²) in [6.07, 6.45) is 5.02. The summed E-state index contributed by atoms with van der Waals surface area (Å²) in [4.78, 5) is 3.27. The second kappa shape index (κ2) is 6.79. The van der Waals surface area contributed by atoms with Crippen LogP contribution in [0.3, 0.4) is 0 Å². The minimum Gasteiger partial charge on any atom is -0.420 e. The zero-order valence-electron chi connectivity index (χ0n) is 15.0. The molecule has 1 aliphatic heterocycles. The summed E-state index contributed by atoms with van der Waals surface area (Å²) in [5, 5.41) is 8.25. The Morgan fingerprint density at radius 1 is 1.15 bits per heavy atom. The molecule has 2 aromatic heterocycles. The Morgan fingerprint density at radius 3 is 2.62 bits per heavy atom. The Hall–Kier alpha value is -1.71. The molecule has 2 aromatic rings. The Labute approximate surface area is 152 Å². The number of aromatic amines is 1. The van der Waals surface area contributed by atoms with E-state index in [4.69, 9.17) is 9.15 Å². The Balaban J connectivity index is 1.64. The van der Waals surface area contributed by atoms with Crippen molar-refractivity contribution in [2.45, 2.75) is 62.9 Å². The fourth-order valence-corrected chi connectivity index (χ4v) is 5.10. The van der Waals surface area contributed by atoms with E-state index in [1.54, 1.807) is 6.92 Å². The number of hydrogen-bond acceptors (Lipinski definition) is 6. The zero-order chi connectivity index (χ0) is 18.3. The van der Waals surface area contributed by atoms with Crippen molar-refractivity contribution in [3.63, 3.8) is 0 Å². The van der Waals surface area contributed by atoms with Crippen LogP contribution < -0.4 is 4.72 Å². The van der Waals surface area contributed by atoms with Gasteiger partial charge in [0.05, 0.1) is 11.7 Å². The van der Waals surface area contributed by atoms with Crippen molar-refractivity contribution in [2.75, 3.05) is 13.2 Å². The van der Waals surface area contributed by atoms with Crippen LogP contribution in [0.4, 0.5) is 0 Å². The summed E-state index contributed by atoms with van der Waals surface area (Å²) in [5.74, 6) is 1.15. The lowest BCUT2D eigenvalue weighted by Gasteiger charge is -2.20. The molecule has 1 aliphatic carbocycles. The van der Waals surface area contributed by atoms with Crippen LogP contribution in [0.1, 0.15) is 55.3 Å². The third kappa shape index (κ3) is 3.19. The average molecular weight is 380 g/mol.